The first-order chi connectivity index (χ1) is 7.94. The fourth-order valence-corrected chi connectivity index (χ4v) is 2.26. The molecule has 0 aromatic heterocycles. The number of hydrogen-bond donors (Lipinski definition) is 1. The van der Waals surface area contributed by atoms with Crippen molar-refractivity contribution in [3.8, 4) is 6.07 Å². The summed E-state index contributed by atoms with van der Waals surface area (Å²) in [6.07, 6.45) is 2.25. The number of likely N-dealkylation sites (tertiary alicyclic amines) is 1. The molecular formula is C14H27N3. The van der Waals surface area contributed by atoms with E-state index < -0.39 is 0 Å². The molecule has 17 heavy (non-hydrogen) atoms. The second-order valence-corrected chi connectivity index (χ2v) is 6.19. The number of hydrogen-bond acceptors (Lipinski definition) is 3. The van der Waals surface area contributed by atoms with Crippen LogP contribution in [-0.4, -0.2) is 37.1 Å². The van der Waals surface area contributed by atoms with Gasteiger partial charge in [-0.25, -0.2) is 0 Å². The van der Waals surface area contributed by atoms with Crippen molar-refractivity contribution in [2.24, 2.45) is 11.3 Å². The molecule has 1 N–H and O–H groups in total. The Kier molecular flexibility index (Phi) is 5.42. The first-order valence-electron chi connectivity index (χ1n) is 6.80. The topological polar surface area (TPSA) is 39.1 Å². The van der Waals surface area contributed by atoms with Crippen LogP contribution < -0.4 is 5.32 Å². The lowest BCUT2D eigenvalue weighted by atomic mass is 9.91. The summed E-state index contributed by atoms with van der Waals surface area (Å²) in [7, 11) is 0. The molecule has 1 rings (SSSR count). The van der Waals surface area contributed by atoms with Crippen molar-refractivity contribution in [3.63, 3.8) is 0 Å². The van der Waals surface area contributed by atoms with Gasteiger partial charge in [0.05, 0.1) is 11.5 Å². The Morgan fingerprint density at radius 2 is 2.18 bits per heavy atom. The van der Waals surface area contributed by atoms with E-state index in [1.54, 1.807) is 0 Å². The summed E-state index contributed by atoms with van der Waals surface area (Å²) in [6.45, 7) is 13.1. The maximum Gasteiger partial charge on any atom is 0.0684 e. The predicted molar refractivity (Wildman–Crippen MR) is 71.7 cm³/mol. The SMILES string of the molecule is CC(C)N1CCC(CNCCC(C)(C)C#N)C1. The van der Waals surface area contributed by atoms with Crippen LogP contribution in [0.4, 0.5) is 0 Å². The molecule has 0 spiro atoms. The quantitative estimate of drug-likeness (QED) is 0.720. The standard InChI is InChI=1S/C14H27N3/c1-12(2)17-8-5-13(10-17)9-16-7-6-14(3,4)11-15/h12-13,16H,5-10H2,1-4H3. The van der Waals surface area contributed by atoms with Crippen molar-refractivity contribution in [2.45, 2.75) is 46.6 Å². The molecule has 98 valence electrons. The maximum absolute atomic E-state index is 8.92. The van der Waals surface area contributed by atoms with Crippen molar-refractivity contribution in [3.05, 3.63) is 0 Å². The molecule has 0 radical (unpaired) electrons. The normalized spacial score (nSPS) is 22.0. The average Bonchev–Trinajstić information content (AvgIpc) is 2.73. The summed E-state index contributed by atoms with van der Waals surface area (Å²) in [4.78, 5) is 2.55. The third-order valence-electron chi connectivity index (χ3n) is 3.71. The first kappa shape index (κ1) is 14.5. The zero-order valence-electron chi connectivity index (χ0n) is 11.8. The van der Waals surface area contributed by atoms with E-state index >= 15 is 0 Å². The van der Waals surface area contributed by atoms with Crippen LogP contribution in [0, 0.1) is 22.7 Å². The van der Waals surface area contributed by atoms with Gasteiger partial charge in [0.1, 0.15) is 0 Å². The molecule has 3 nitrogen and oxygen atoms in total. The van der Waals surface area contributed by atoms with Gasteiger partial charge in [0.2, 0.25) is 0 Å². The van der Waals surface area contributed by atoms with Gasteiger partial charge < -0.3 is 10.2 Å². The second-order valence-electron chi connectivity index (χ2n) is 6.19. The Labute approximate surface area is 106 Å². The molecule has 0 aromatic carbocycles. The highest BCUT2D eigenvalue weighted by molar-refractivity contribution is 4.92. The third kappa shape index (κ3) is 5.06. The largest absolute Gasteiger partial charge is 0.316 e. The Morgan fingerprint density at radius 3 is 2.71 bits per heavy atom. The molecule has 0 saturated carbocycles. The number of rotatable bonds is 6. The van der Waals surface area contributed by atoms with E-state index in [4.69, 9.17) is 5.26 Å². The Morgan fingerprint density at radius 1 is 1.47 bits per heavy atom. The summed E-state index contributed by atoms with van der Waals surface area (Å²) >= 11 is 0. The van der Waals surface area contributed by atoms with E-state index in [0.29, 0.717) is 6.04 Å². The van der Waals surface area contributed by atoms with E-state index in [1.165, 1.54) is 19.5 Å². The minimum Gasteiger partial charge on any atom is -0.316 e. The fraction of sp³-hybridized carbons (Fsp3) is 0.929. The molecule has 0 aromatic rings. The van der Waals surface area contributed by atoms with Crippen LogP contribution in [0.3, 0.4) is 0 Å². The first-order valence-corrected chi connectivity index (χ1v) is 6.80. The molecule has 1 aliphatic heterocycles. The smallest absolute Gasteiger partial charge is 0.0684 e. The van der Waals surface area contributed by atoms with Crippen molar-refractivity contribution in [2.75, 3.05) is 26.2 Å². The molecule has 1 saturated heterocycles. The van der Waals surface area contributed by atoms with Crippen molar-refractivity contribution in [1.82, 2.24) is 10.2 Å². The summed E-state index contributed by atoms with van der Waals surface area (Å²) in [5.74, 6) is 0.794. The molecule has 0 amide bonds. The van der Waals surface area contributed by atoms with E-state index in [2.05, 4.69) is 30.1 Å². The molecule has 1 aliphatic rings. The van der Waals surface area contributed by atoms with Gasteiger partial charge in [-0.2, -0.15) is 5.26 Å². The van der Waals surface area contributed by atoms with E-state index in [0.717, 1.165) is 25.4 Å². The molecule has 1 unspecified atom stereocenters. The molecule has 1 heterocycles. The van der Waals surface area contributed by atoms with E-state index in [1.807, 2.05) is 13.8 Å². The van der Waals surface area contributed by atoms with Crippen LogP contribution in [-0.2, 0) is 0 Å². The zero-order chi connectivity index (χ0) is 12.9. The summed E-state index contributed by atoms with van der Waals surface area (Å²) in [6, 6.07) is 3.02. The van der Waals surface area contributed by atoms with E-state index in [9.17, 15) is 0 Å². The average molecular weight is 237 g/mol. The Hall–Kier alpha value is -0.590. The summed E-state index contributed by atoms with van der Waals surface area (Å²) < 4.78 is 0. The van der Waals surface area contributed by atoms with Crippen molar-refractivity contribution < 1.29 is 0 Å². The molecule has 0 bridgehead atoms. The Bertz CT molecular complexity index is 265. The van der Waals surface area contributed by atoms with Gasteiger partial charge in [-0.3, -0.25) is 0 Å². The molecule has 1 atom stereocenters. The van der Waals surface area contributed by atoms with Crippen LogP contribution in [0.2, 0.25) is 0 Å². The monoisotopic (exact) mass is 237 g/mol. The van der Waals surface area contributed by atoms with Gasteiger partial charge in [0.15, 0.2) is 0 Å². The van der Waals surface area contributed by atoms with Gasteiger partial charge in [-0.05, 0) is 66.1 Å². The Balaban J connectivity index is 2.11. The van der Waals surface area contributed by atoms with Gasteiger partial charge in [0, 0.05) is 12.6 Å². The van der Waals surface area contributed by atoms with Crippen molar-refractivity contribution >= 4 is 0 Å². The highest BCUT2D eigenvalue weighted by Crippen LogP contribution is 2.19. The number of nitrogens with one attached hydrogen (secondary N) is 1. The lowest BCUT2D eigenvalue weighted by Crippen LogP contribution is -2.31. The summed E-state index contributed by atoms with van der Waals surface area (Å²) in [5.41, 5.74) is -0.188. The van der Waals surface area contributed by atoms with Crippen molar-refractivity contribution in [1.29, 1.82) is 5.26 Å². The van der Waals surface area contributed by atoms with E-state index in [-0.39, 0.29) is 5.41 Å². The van der Waals surface area contributed by atoms with Gasteiger partial charge in [0.25, 0.3) is 0 Å². The van der Waals surface area contributed by atoms with Crippen LogP contribution in [0.25, 0.3) is 0 Å². The van der Waals surface area contributed by atoms with Crippen LogP contribution in [0.15, 0.2) is 0 Å². The number of nitrogens with zero attached hydrogens (tertiary/aromatic N) is 2. The number of nitriles is 1. The minimum atomic E-state index is -0.188. The van der Waals surface area contributed by atoms with Crippen LogP contribution in [0.5, 0.6) is 0 Å². The van der Waals surface area contributed by atoms with Crippen LogP contribution >= 0.6 is 0 Å². The lowest BCUT2D eigenvalue weighted by Gasteiger charge is -2.20. The van der Waals surface area contributed by atoms with Gasteiger partial charge in [-0.1, -0.05) is 0 Å². The highest BCUT2D eigenvalue weighted by Gasteiger charge is 2.23. The maximum atomic E-state index is 8.92. The fourth-order valence-electron chi connectivity index (χ4n) is 2.26. The lowest BCUT2D eigenvalue weighted by molar-refractivity contribution is 0.263. The van der Waals surface area contributed by atoms with Gasteiger partial charge in [-0.15, -0.1) is 0 Å². The molecule has 1 fully saturated rings. The third-order valence-corrected chi connectivity index (χ3v) is 3.71. The van der Waals surface area contributed by atoms with Gasteiger partial charge >= 0.3 is 0 Å². The summed E-state index contributed by atoms with van der Waals surface area (Å²) in [5, 5.41) is 12.4. The minimum absolute atomic E-state index is 0.188. The predicted octanol–water partition coefficient (Wildman–Crippen LogP) is 2.25. The molecule has 0 aliphatic carbocycles. The molecule has 3 heteroatoms. The highest BCUT2D eigenvalue weighted by atomic mass is 15.2. The molecular weight excluding hydrogens is 210 g/mol. The second kappa shape index (κ2) is 6.37. The zero-order valence-corrected chi connectivity index (χ0v) is 11.8. The van der Waals surface area contributed by atoms with Crippen LogP contribution in [0.1, 0.15) is 40.5 Å².